The summed E-state index contributed by atoms with van der Waals surface area (Å²) in [4.78, 5) is 68.8. The van der Waals surface area contributed by atoms with Gasteiger partial charge in [-0.05, 0) is 53.3 Å². The van der Waals surface area contributed by atoms with Crippen LogP contribution in [-0.4, -0.2) is 76.2 Å². The van der Waals surface area contributed by atoms with Crippen molar-refractivity contribution in [3.63, 3.8) is 0 Å². The van der Waals surface area contributed by atoms with Gasteiger partial charge in [-0.15, -0.1) is 0 Å². The summed E-state index contributed by atoms with van der Waals surface area (Å²) in [6.07, 6.45) is -1.08. The maximum absolute atomic E-state index is 12.0. The first kappa shape index (κ1) is 27.6. The molecule has 1 aromatic rings. The molecule has 0 bridgehead atoms. The summed E-state index contributed by atoms with van der Waals surface area (Å²) in [5, 5.41) is 35.7. The number of benzene rings is 1. The Morgan fingerprint density at radius 1 is 0.818 bits per heavy atom. The fraction of sp³-hybridized carbons (Fsp3) is 0.368. The highest BCUT2D eigenvalue weighted by Gasteiger charge is 2.24. The lowest BCUT2D eigenvalue weighted by atomic mass is 10.1. The third-order valence-corrected chi connectivity index (χ3v) is 4.81. The van der Waals surface area contributed by atoms with Crippen molar-refractivity contribution in [2.75, 3.05) is 13.1 Å². The number of carbonyl (C=O) groups is 6. The van der Waals surface area contributed by atoms with E-state index in [1.165, 1.54) is 0 Å². The van der Waals surface area contributed by atoms with Gasteiger partial charge in [0.05, 0.1) is 6.54 Å². The molecule has 0 heterocycles. The van der Waals surface area contributed by atoms with Crippen LogP contribution in [0.5, 0.6) is 0 Å². The quantitative estimate of drug-likeness (QED) is 0.152. The van der Waals surface area contributed by atoms with Crippen LogP contribution in [0, 0.1) is 3.57 Å². The first-order valence-corrected chi connectivity index (χ1v) is 10.6. The molecule has 180 valence electrons. The molecule has 0 saturated carbocycles. The Balaban J connectivity index is 2.46. The summed E-state index contributed by atoms with van der Waals surface area (Å²) in [6, 6.07) is 2.67. The summed E-state index contributed by atoms with van der Waals surface area (Å²) in [6.45, 7) is -0.617. The summed E-state index contributed by atoms with van der Waals surface area (Å²) < 4.78 is 0.948. The number of nitrogens with one attached hydrogen (secondary N) is 4. The number of halogens is 1. The van der Waals surface area contributed by atoms with Gasteiger partial charge in [0, 0.05) is 28.5 Å². The van der Waals surface area contributed by atoms with E-state index in [1.54, 1.807) is 24.3 Å². The molecule has 0 fully saturated rings. The first-order chi connectivity index (χ1) is 15.5. The molecule has 0 unspecified atom stereocenters. The van der Waals surface area contributed by atoms with Crippen molar-refractivity contribution in [2.24, 2.45) is 0 Å². The van der Waals surface area contributed by atoms with E-state index >= 15 is 0 Å². The van der Waals surface area contributed by atoms with Crippen molar-refractivity contribution in [1.82, 2.24) is 21.3 Å². The smallest absolute Gasteiger partial charge is 0.328 e. The minimum absolute atomic E-state index is 0.0548. The van der Waals surface area contributed by atoms with Gasteiger partial charge in [-0.3, -0.25) is 14.4 Å². The first-order valence-electron chi connectivity index (χ1n) is 9.54. The molecule has 0 spiro atoms. The van der Waals surface area contributed by atoms with Crippen LogP contribution in [0.4, 0.5) is 4.79 Å². The zero-order chi connectivity index (χ0) is 25.0. The van der Waals surface area contributed by atoms with Crippen LogP contribution in [0.15, 0.2) is 24.3 Å². The second-order valence-corrected chi connectivity index (χ2v) is 7.89. The number of carboxylic acids is 3. The van der Waals surface area contributed by atoms with Crippen LogP contribution in [0.3, 0.4) is 0 Å². The molecule has 0 aliphatic carbocycles. The van der Waals surface area contributed by atoms with E-state index in [4.69, 9.17) is 10.2 Å². The van der Waals surface area contributed by atoms with E-state index in [0.717, 1.165) is 3.57 Å². The molecule has 33 heavy (non-hydrogen) atoms. The monoisotopic (exact) mass is 578 g/mol. The zero-order valence-corrected chi connectivity index (χ0v) is 19.3. The molecule has 2 atom stereocenters. The van der Waals surface area contributed by atoms with Gasteiger partial charge < -0.3 is 36.6 Å². The number of urea groups is 1. The van der Waals surface area contributed by atoms with Gasteiger partial charge in [0.25, 0.3) is 5.91 Å². The van der Waals surface area contributed by atoms with Crippen LogP contribution in [-0.2, 0) is 19.2 Å². The predicted molar refractivity (Wildman–Crippen MR) is 121 cm³/mol. The normalized spacial score (nSPS) is 12.0. The highest BCUT2D eigenvalue weighted by Crippen LogP contribution is 2.06. The van der Waals surface area contributed by atoms with Crippen molar-refractivity contribution >= 4 is 58.3 Å². The van der Waals surface area contributed by atoms with Crippen molar-refractivity contribution in [3.8, 4) is 0 Å². The molecule has 0 aromatic heterocycles. The standard InChI is InChI=1S/C19H23IN4O9/c20-11-3-1-10(2-4-11)16(28)21-8-7-14(25)23-13(18(31)32)9-22-19(33)24-12(17(29)30)5-6-15(26)27/h1-4,12-13H,5-9H2,(H,21,28)(H,23,25)(H,26,27)(H,29,30)(H,31,32)(H2,22,24,33)/t12-,13-/m0/s1. The minimum atomic E-state index is -1.52. The number of amides is 4. The highest BCUT2D eigenvalue weighted by molar-refractivity contribution is 14.1. The Labute approximate surface area is 201 Å². The lowest BCUT2D eigenvalue weighted by molar-refractivity contribution is -0.142. The maximum atomic E-state index is 12.0. The summed E-state index contributed by atoms with van der Waals surface area (Å²) >= 11 is 2.09. The lowest BCUT2D eigenvalue weighted by Crippen LogP contribution is -2.52. The molecule has 0 saturated heterocycles. The highest BCUT2D eigenvalue weighted by atomic mass is 127. The molecule has 1 rings (SSSR count). The summed E-state index contributed by atoms with van der Waals surface area (Å²) in [5.74, 6) is -5.25. The lowest BCUT2D eigenvalue weighted by Gasteiger charge is -2.18. The average molecular weight is 578 g/mol. The number of aliphatic carboxylic acids is 3. The van der Waals surface area contributed by atoms with Crippen LogP contribution in [0.1, 0.15) is 29.6 Å². The minimum Gasteiger partial charge on any atom is -0.481 e. The largest absolute Gasteiger partial charge is 0.481 e. The number of rotatable bonds is 13. The third kappa shape index (κ3) is 11.1. The second kappa shape index (κ2) is 13.9. The van der Waals surface area contributed by atoms with E-state index in [2.05, 4.69) is 38.5 Å². The van der Waals surface area contributed by atoms with Crippen LogP contribution in [0.25, 0.3) is 0 Å². The van der Waals surface area contributed by atoms with Gasteiger partial charge in [0.15, 0.2) is 0 Å². The summed E-state index contributed by atoms with van der Waals surface area (Å²) in [5.41, 5.74) is 0.400. The maximum Gasteiger partial charge on any atom is 0.328 e. The molecule has 7 N–H and O–H groups in total. The number of hydrogen-bond acceptors (Lipinski definition) is 6. The summed E-state index contributed by atoms with van der Waals surface area (Å²) in [7, 11) is 0. The van der Waals surface area contributed by atoms with E-state index in [-0.39, 0.29) is 19.4 Å². The predicted octanol–water partition coefficient (Wildman–Crippen LogP) is -0.402. The van der Waals surface area contributed by atoms with Gasteiger partial charge >= 0.3 is 23.9 Å². The molecule has 0 radical (unpaired) electrons. The third-order valence-electron chi connectivity index (χ3n) is 4.09. The fourth-order valence-electron chi connectivity index (χ4n) is 2.39. The molecular formula is C19H23IN4O9. The van der Waals surface area contributed by atoms with E-state index < -0.39 is 60.8 Å². The molecule has 0 aliphatic heterocycles. The molecule has 13 nitrogen and oxygen atoms in total. The number of hydrogen-bond donors (Lipinski definition) is 7. The molecule has 0 aliphatic rings. The van der Waals surface area contributed by atoms with Gasteiger partial charge in [-0.2, -0.15) is 0 Å². The Hall–Kier alpha value is -3.43. The van der Waals surface area contributed by atoms with Crippen molar-refractivity contribution in [3.05, 3.63) is 33.4 Å². The Kier molecular flexibility index (Phi) is 11.6. The fourth-order valence-corrected chi connectivity index (χ4v) is 2.75. The average Bonchev–Trinajstić information content (AvgIpc) is 2.73. The van der Waals surface area contributed by atoms with Crippen molar-refractivity contribution in [2.45, 2.75) is 31.3 Å². The number of carboxylic acid groups (broad SMARTS) is 3. The van der Waals surface area contributed by atoms with Gasteiger partial charge in [-0.1, -0.05) is 0 Å². The Bertz CT molecular complexity index is 892. The second-order valence-electron chi connectivity index (χ2n) is 6.65. The molecule has 1 aromatic carbocycles. The molecular weight excluding hydrogens is 555 g/mol. The zero-order valence-electron chi connectivity index (χ0n) is 17.2. The van der Waals surface area contributed by atoms with Crippen LogP contribution < -0.4 is 21.3 Å². The van der Waals surface area contributed by atoms with E-state index in [9.17, 15) is 33.9 Å². The number of carbonyl (C=O) groups excluding carboxylic acids is 3. The molecule has 14 heteroatoms. The van der Waals surface area contributed by atoms with Crippen LogP contribution >= 0.6 is 22.6 Å². The van der Waals surface area contributed by atoms with E-state index in [1.807, 2.05) is 5.32 Å². The van der Waals surface area contributed by atoms with Gasteiger partial charge in [0.2, 0.25) is 5.91 Å². The molecule has 4 amide bonds. The van der Waals surface area contributed by atoms with E-state index in [0.29, 0.717) is 5.56 Å². The van der Waals surface area contributed by atoms with Gasteiger partial charge in [-0.25, -0.2) is 14.4 Å². The van der Waals surface area contributed by atoms with Gasteiger partial charge in [0.1, 0.15) is 12.1 Å². The Morgan fingerprint density at radius 2 is 1.42 bits per heavy atom. The van der Waals surface area contributed by atoms with Crippen molar-refractivity contribution < 1.29 is 44.1 Å². The van der Waals surface area contributed by atoms with Crippen molar-refractivity contribution in [1.29, 1.82) is 0 Å². The Morgan fingerprint density at radius 3 is 1.97 bits per heavy atom. The SMILES string of the molecule is O=C(O)CC[C@H](NC(=O)NC[C@H](NC(=O)CCNC(=O)c1ccc(I)cc1)C(=O)O)C(=O)O. The van der Waals surface area contributed by atoms with Crippen LogP contribution in [0.2, 0.25) is 0 Å². The topological polar surface area (TPSA) is 211 Å².